The van der Waals surface area contributed by atoms with E-state index in [4.69, 9.17) is 5.73 Å². The van der Waals surface area contributed by atoms with Crippen LogP contribution in [0.4, 0.5) is 13.2 Å². The fourth-order valence-electron chi connectivity index (χ4n) is 1.91. The number of phenols is 1. The molecule has 19 heavy (non-hydrogen) atoms. The highest BCUT2D eigenvalue weighted by Crippen LogP contribution is 2.35. The van der Waals surface area contributed by atoms with Crippen LogP contribution in [0.3, 0.4) is 0 Å². The summed E-state index contributed by atoms with van der Waals surface area (Å²) in [7, 11) is 0. The first kappa shape index (κ1) is 13.4. The molecule has 2 rings (SSSR count). The molecule has 1 aromatic heterocycles. The van der Waals surface area contributed by atoms with E-state index >= 15 is 0 Å². The highest BCUT2D eigenvalue weighted by molar-refractivity contribution is 5.42. The number of hydrogen-bond donors (Lipinski definition) is 2. The maximum atomic E-state index is 13.1. The molecular weight excluding hydrogens is 259 g/mol. The molecule has 2 aromatic rings. The van der Waals surface area contributed by atoms with Crippen LogP contribution in [0, 0.1) is 6.92 Å². The van der Waals surface area contributed by atoms with Crippen LogP contribution in [0.15, 0.2) is 24.3 Å². The van der Waals surface area contributed by atoms with Gasteiger partial charge in [0, 0.05) is 18.2 Å². The Kier molecular flexibility index (Phi) is 3.23. The summed E-state index contributed by atoms with van der Waals surface area (Å²) in [6.45, 7) is 1.22. The zero-order valence-corrected chi connectivity index (χ0v) is 10.1. The van der Waals surface area contributed by atoms with Crippen LogP contribution >= 0.6 is 0 Å². The van der Waals surface area contributed by atoms with Gasteiger partial charge in [-0.25, -0.2) is 4.68 Å². The van der Waals surface area contributed by atoms with Crippen LogP contribution in [0.5, 0.6) is 5.75 Å². The summed E-state index contributed by atoms with van der Waals surface area (Å²) in [5.41, 5.74) is 4.77. The molecule has 7 heteroatoms. The Labute approximate surface area is 107 Å². The van der Waals surface area contributed by atoms with E-state index in [0.717, 1.165) is 4.68 Å². The van der Waals surface area contributed by atoms with E-state index in [1.54, 1.807) is 0 Å². The van der Waals surface area contributed by atoms with Crippen molar-refractivity contribution in [3.05, 3.63) is 41.2 Å². The number of nitrogens with two attached hydrogens (primary N) is 1. The quantitative estimate of drug-likeness (QED) is 0.881. The summed E-state index contributed by atoms with van der Waals surface area (Å²) in [5, 5.41) is 13.2. The maximum Gasteiger partial charge on any atom is 0.433 e. The monoisotopic (exact) mass is 271 g/mol. The smallest absolute Gasteiger partial charge is 0.433 e. The van der Waals surface area contributed by atoms with Gasteiger partial charge in [-0.05, 0) is 19.1 Å². The van der Waals surface area contributed by atoms with E-state index in [2.05, 4.69) is 5.10 Å². The highest BCUT2D eigenvalue weighted by Gasteiger charge is 2.39. The average Bonchev–Trinajstić information content (AvgIpc) is 2.66. The van der Waals surface area contributed by atoms with Gasteiger partial charge in [-0.1, -0.05) is 6.07 Å². The summed E-state index contributed by atoms with van der Waals surface area (Å²) >= 11 is 0. The van der Waals surface area contributed by atoms with Crippen molar-refractivity contribution in [2.24, 2.45) is 5.73 Å². The minimum atomic E-state index is -4.57. The molecule has 1 aromatic carbocycles. The minimum absolute atomic E-state index is 0.0455. The molecule has 0 atom stereocenters. The molecule has 3 N–H and O–H groups in total. The third-order valence-electron chi connectivity index (χ3n) is 2.73. The van der Waals surface area contributed by atoms with Gasteiger partial charge in [-0.2, -0.15) is 18.3 Å². The largest absolute Gasteiger partial charge is 0.508 e. The van der Waals surface area contributed by atoms with Crippen LogP contribution in [-0.4, -0.2) is 14.9 Å². The Hall–Kier alpha value is -2.02. The van der Waals surface area contributed by atoms with Gasteiger partial charge in [0.1, 0.15) is 5.75 Å². The number of aryl methyl sites for hydroxylation is 1. The number of aromatic hydroxyl groups is 1. The predicted molar refractivity (Wildman–Crippen MR) is 62.9 cm³/mol. The molecule has 0 aliphatic carbocycles. The van der Waals surface area contributed by atoms with Crippen molar-refractivity contribution in [3.63, 3.8) is 0 Å². The first-order chi connectivity index (χ1) is 8.84. The zero-order valence-electron chi connectivity index (χ0n) is 10.1. The molecule has 0 amide bonds. The first-order valence-electron chi connectivity index (χ1n) is 5.49. The highest BCUT2D eigenvalue weighted by atomic mass is 19.4. The molecule has 0 saturated carbocycles. The number of phenolic OH excluding ortho intramolecular Hbond substituents is 1. The van der Waals surface area contributed by atoms with E-state index < -0.39 is 11.9 Å². The van der Waals surface area contributed by atoms with Crippen molar-refractivity contribution in [1.82, 2.24) is 9.78 Å². The Morgan fingerprint density at radius 1 is 1.37 bits per heavy atom. The summed E-state index contributed by atoms with van der Waals surface area (Å²) < 4.78 is 40.1. The Morgan fingerprint density at radius 3 is 2.58 bits per heavy atom. The molecule has 0 spiro atoms. The van der Waals surface area contributed by atoms with E-state index in [9.17, 15) is 18.3 Å². The van der Waals surface area contributed by atoms with Crippen molar-refractivity contribution >= 4 is 0 Å². The molecule has 0 bridgehead atoms. The number of rotatable bonds is 2. The number of benzene rings is 1. The zero-order chi connectivity index (χ0) is 14.2. The minimum Gasteiger partial charge on any atom is -0.508 e. The van der Waals surface area contributed by atoms with Crippen LogP contribution in [0.25, 0.3) is 5.69 Å². The molecule has 0 aliphatic heterocycles. The lowest BCUT2D eigenvalue weighted by atomic mass is 10.2. The van der Waals surface area contributed by atoms with E-state index in [1.165, 1.54) is 31.2 Å². The number of hydrogen-bond acceptors (Lipinski definition) is 3. The van der Waals surface area contributed by atoms with Gasteiger partial charge >= 0.3 is 6.18 Å². The maximum absolute atomic E-state index is 13.1. The standard InChI is InChI=1S/C12H12F3N3O/c1-7-10(6-16)11(12(13,14)15)18(17-7)8-3-2-4-9(19)5-8/h2-5,19H,6,16H2,1H3. The molecule has 4 nitrogen and oxygen atoms in total. The van der Waals surface area contributed by atoms with Gasteiger partial charge in [-0.15, -0.1) is 0 Å². The van der Waals surface area contributed by atoms with Gasteiger partial charge in [0.25, 0.3) is 0 Å². The van der Waals surface area contributed by atoms with E-state index in [0.29, 0.717) is 0 Å². The van der Waals surface area contributed by atoms with Gasteiger partial charge in [0.2, 0.25) is 0 Å². The fourth-order valence-corrected chi connectivity index (χ4v) is 1.91. The summed E-state index contributed by atoms with van der Waals surface area (Å²) in [4.78, 5) is 0. The molecular formula is C12H12F3N3O. The third-order valence-corrected chi connectivity index (χ3v) is 2.73. The summed E-state index contributed by atoms with van der Waals surface area (Å²) in [5.74, 6) is -0.131. The van der Waals surface area contributed by atoms with E-state index in [1.807, 2.05) is 0 Å². The summed E-state index contributed by atoms with van der Waals surface area (Å²) in [6.07, 6.45) is -4.57. The van der Waals surface area contributed by atoms with Crippen molar-refractivity contribution in [1.29, 1.82) is 0 Å². The SMILES string of the molecule is Cc1nn(-c2cccc(O)c2)c(C(F)(F)F)c1CN. The number of aromatic nitrogens is 2. The van der Waals surface area contributed by atoms with Crippen molar-refractivity contribution in [2.75, 3.05) is 0 Å². The Bertz CT molecular complexity index is 605. The fraction of sp³-hybridized carbons (Fsp3) is 0.250. The molecule has 0 aliphatic rings. The van der Waals surface area contributed by atoms with Crippen molar-refractivity contribution < 1.29 is 18.3 Å². The molecule has 102 valence electrons. The summed E-state index contributed by atoms with van der Waals surface area (Å²) in [6, 6.07) is 5.46. The van der Waals surface area contributed by atoms with Gasteiger partial charge in [0.15, 0.2) is 5.69 Å². The molecule has 0 radical (unpaired) electrons. The van der Waals surface area contributed by atoms with Crippen molar-refractivity contribution in [3.8, 4) is 11.4 Å². The predicted octanol–water partition coefficient (Wildman–Crippen LogP) is 2.36. The first-order valence-corrected chi connectivity index (χ1v) is 5.49. The molecule has 1 heterocycles. The third kappa shape index (κ3) is 2.41. The molecule has 0 saturated heterocycles. The van der Waals surface area contributed by atoms with Crippen LogP contribution in [0.2, 0.25) is 0 Å². The van der Waals surface area contributed by atoms with Gasteiger partial charge in [-0.3, -0.25) is 0 Å². The second-order valence-electron chi connectivity index (χ2n) is 4.05. The topological polar surface area (TPSA) is 64.1 Å². The van der Waals surface area contributed by atoms with Crippen LogP contribution in [0.1, 0.15) is 17.0 Å². The number of alkyl halides is 3. The number of nitrogens with zero attached hydrogens (tertiary/aromatic N) is 2. The van der Waals surface area contributed by atoms with Gasteiger partial charge in [0.05, 0.1) is 11.4 Å². The van der Waals surface area contributed by atoms with E-state index in [-0.39, 0.29) is 29.2 Å². The Balaban J connectivity index is 2.71. The average molecular weight is 271 g/mol. The Morgan fingerprint density at radius 2 is 2.05 bits per heavy atom. The lowest BCUT2D eigenvalue weighted by molar-refractivity contribution is -0.143. The van der Waals surface area contributed by atoms with Crippen LogP contribution < -0.4 is 5.73 Å². The normalized spacial score (nSPS) is 11.8. The molecule has 0 unspecified atom stereocenters. The lowest BCUT2D eigenvalue weighted by Crippen LogP contribution is -2.16. The van der Waals surface area contributed by atoms with Crippen molar-refractivity contribution in [2.45, 2.75) is 19.6 Å². The second-order valence-corrected chi connectivity index (χ2v) is 4.05. The number of halogens is 3. The second kappa shape index (κ2) is 4.58. The van der Waals surface area contributed by atoms with Gasteiger partial charge < -0.3 is 10.8 Å². The lowest BCUT2D eigenvalue weighted by Gasteiger charge is -2.12. The van der Waals surface area contributed by atoms with Crippen LogP contribution in [-0.2, 0) is 12.7 Å². The molecule has 0 fully saturated rings.